The van der Waals surface area contributed by atoms with Crippen LogP contribution in [0.25, 0.3) is 6.08 Å². The number of carboxylic acids is 1. The van der Waals surface area contributed by atoms with E-state index in [1.807, 2.05) is 31.2 Å². The van der Waals surface area contributed by atoms with Gasteiger partial charge in [-0.05, 0) is 29.7 Å². The molecule has 0 atom stereocenters. The first-order valence-corrected chi connectivity index (χ1v) is 6.84. The van der Waals surface area contributed by atoms with Crippen molar-refractivity contribution < 1.29 is 19.4 Å². The molecule has 0 unspecified atom stereocenters. The number of hydrogen-bond donors (Lipinski definition) is 1. The summed E-state index contributed by atoms with van der Waals surface area (Å²) in [7, 11) is 1.72. The first kappa shape index (κ1) is 16.9. The average molecular weight is 291 g/mol. The van der Waals surface area contributed by atoms with E-state index in [2.05, 4.69) is 0 Å². The Labute approximate surface area is 124 Å². The SMILES string of the molecule is CCCOCC(=O)N(C)Cc1cccc(/C=C/C(=O)O)c1. The van der Waals surface area contributed by atoms with Gasteiger partial charge < -0.3 is 14.7 Å². The van der Waals surface area contributed by atoms with Crippen molar-refractivity contribution in [2.24, 2.45) is 0 Å². The van der Waals surface area contributed by atoms with Gasteiger partial charge in [0.25, 0.3) is 0 Å². The Morgan fingerprint density at radius 1 is 1.38 bits per heavy atom. The molecule has 1 amide bonds. The van der Waals surface area contributed by atoms with E-state index in [-0.39, 0.29) is 12.5 Å². The summed E-state index contributed by atoms with van der Waals surface area (Å²) in [4.78, 5) is 23.9. The quantitative estimate of drug-likeness (QED) is 0.589. The minimum atomic E-state index is -0.985. The van der Waals surface area contributed by atoms with Gasteiger partial charge in [-0.2, -0.15) is 0 Å². The number of nitrogens with zero attached hydrogens (tertiary/aromatic N) is 1. The molecule has 1 aromatic carbocycles. The minimum absolute atomic E-state index is 0.0741. The lowest BCUT2D eigenvalue weighted by atomic mass is 10.1. The summed E-state index contributed by atoms with van der Waals surface area (Å²) >= 11 is 0. The lowest BCUT2D eigenvalue weighted by Crippen LogP contribution is -2.30. The van der Waals surface area contributed by atoms with E-state index >= 15 is 0 Å². The Morgan fingerprint density at radius 3 is 2.81 bits per heavy atom. The highest BCUT2D eigenvalue weighted by Gasteiger charge is 2.09. The molecule has 1 N–H and O–H groups in total. The van der Waals surface area contributed by atoms with Gasteiger partial charge in [0, 0.05) is 26.3 Å². The number of carboxylic acid groups (broad SMARTS) is 1. The molecule has 21 heavy (non-hydrogen) atoms. The molecule has 0 saturated heterocycles. The Hall–Kier alpha value is -2.14. The van der Waals surface area contributed by atoms with Crippen LogP contribution in [0.5, 0.6) is 0 Å². The van der Waals surface area contributed by atoms with E-state index in [1.54, 1.807) is 11.9 Å². The molecular weight excluding hydrogens is 270 g/mol. The van der Waals surface area contributed by atoms with Gasteiger partial charge in [0.2, 0.25) is 5.91 Å². The maximum atomic E-state index is 11.8. The highest BCUT2D eigenvalue weighted by molar-refractivity contribution is 5.85. The molecule has 1 rings (SSSR count). The van der Waals surface area contributed by atoms with E-state index in [1.165, 1.54) is 6.08 Å². The van der Waals surface area contributed by atoms with E-state index in [0.717, 1.165) is 23.6 Å². The molecule has 0 aromatic heterocycles. The Balaban J connectivity index is 2.59. The monoisotopic (exact) mass is 291 g/mol. The van der Waals surface area contributed by atoms with Gasteiger partial charge in [-0.25, -0.2) is 4.79 Å². The van der Waals surface area contributed by atoms with Crippen molar-refractivity contribution in [3.05, 3.63) is 41.5 Å². The third-order valence-electron chi connectivity index (χ3n) is 2.79. The van der Waals surface area contributed by atoms with Crippen LogP contribution in [-0.2, 0) is 20.9 Å². The molecule has 0 aliphatic carbocycles. The topological polar surface area (TPSA) is 66.8 Å². The Bertz CT molecular complexity index is 511. The van der Waals surface area contributed by atoms with Crippen molar-refractivity contribution >= 4 is 18.0 Å². The number of carbonyl (C=O) groups is 2. The summed E-state index contributed by atoms with van der Waals surface area (Å²) < 4.78 is 5.22. The van der Waals surface area contributed by atoms with Crippen molar-refractivity contribution in [2.75, 3.05) is 20.3 Å². The lowest BCUT2D eigenvalue weighted by Gasteiger charge is -2.17. The number of amides is 1. The molecule has 0 radical (unpaired) electrons. The number of ether oxygens (including phenoxy) is 1. The van der Waals surface area contributed by atoms with Gasteiger partial charge in [0.1, 0.15) is 6.61 Å². The number of aliphatic carboxylic acids is 1. The van der Waals surface area contributed by atoms with Crippen LogP contribution in [0.2, 0.25) is 0 Å². The molecule has 0 spiro atoms. The van der Waals surface area contributed by atoms with Crippen LogP contribution >= 0.6 is 0 Å². The molecule has 0 bridgehead atoms. The molecule has 0 aliphatic rings. The number of carbonyl (C=O) groups excluding carboxylic acids is 1. The summed E-state index contributed by atoms with van der Waals surface area (Å²) in [5.74, 6) is -1.06. The third kappa shape index (κ3) is 6.72. The third-order valence-corrected chi connectivity index (χ3v) is 2.79. The van der Waals surface area contributed by atoms with Crippen LogP contribution < -0.4 is 0 Å². The van der Waals surface area contributed by atoms with Gasteiger partial charge in [-0.1, -0.05) is 25.1 Å². The Morgan fingerprint density at radius 2 is 2.14 bits per heavy atom. The zero-order valence-corrected chi connectivity index (χ0v) is 12.4. The Kier molecular flexibility index (Phi) is 7.18. The van der Waals surface area contributed by atoms with Crippen LogP contribution in [0, 0.1) is 0 Å². The molecule has 0 heterocycles. The summed E-state index contributed by atoms with van der Waals surface area (Å²) in [5.41, 5.74) is 1.73. The fourth-order valence-corrected chi connectivity index (χ4v) is 1.74. The number of rotatable bonds is 8. The molecule has 114 valence electrons. The number of benzene rings is 1. The highest BCUT2D eigenvalue weighted by atomic mass is 16.5. The fraction of sp³-hybridized carbons (Fsp3) is 0.375. The van der Waals surface area contributed by atoms with E-state index in [9.17, 15) is 9.59 Å². The second-order valence-corrected chi connectivity index (χ2v) is 4.72. The second-order valence-electron chi connectivity index (χ2n) is 4.72. The van der Waals surface area contributed by atoms with Gasteiger partial charge >= 0.3 is 5.97 Å². The highest BCUT2D eigenvalue weighted by Crippen LogP contribution is 2.09. The maximum absolute atomic E-state index is 11.8. The van der Waals surface area contributed by atoms with Crippen LogP contribution in [0.1, 0.15) is 24.5 Å². The molecule has 5 nitrogen and oxygen atoms in total. The standard InChI is InChI=1S/C16H21NO4/c1-3-9-21-12-15(18)17(2)11-14-6-4-5-13(10-14)7-8-16(19)20/h4-8,10H,3,9,11-12H2,1-2H3,(H,19,20)/b8-7+. The average Bonchev–Trinajstić information content (AvgIpc) is 2.45. The number of likely N-dealkylation sites (N-methyl/N-ethyl adjacent to an activating group) is 1. The van der Waals surface area contributed by atoms with Crippen molar-refractivity contribution in [1.29, 1.82) is 0 Å². The maximum Gasteiger partial charge on any atom is 0.328 e. The summed E-state index contributed by atoms with van der Waals surface area (Å²) in [6.45, 7) is 3.12. The summed E-state index contributed by atoms with van der Waals surface area (Å²) in [5, 5.41) is 8.61. The molecule has 5 heteroatoms. The summed E-state index contributed by atoms with van der Waals surface area (Å²) in [6.07, 6.45) is 3.50. The van der Waals surface area contributed by atoms with Crippen molar-refractivity contribution in [1.82, 2.24) is 4.90 Å². The first-order chi connectivity index (χ1) is 10.0. The predicted molar refractivity (Wildman–Crippen MR) is 80.7 cm³/mol. The van der Waals surface area contributed by atoms with E-state index in [4.69, 9.17) is 9.84 Å². The molecule has 0 aliphatic heterocycles. The first-order valence-electron chi connectivity index (χ1n) is 6.84. The van der Waals surface area contributed by atoms with E-state index < -0.39 is 5.97 Å². The van der Waals surface area contributed by atoms with Crippen LogP contribution in [-0.4, -0.2) is 42.1 Å². The van der Waals surface area contributed by atoms with Gasteiger partial charge in [-0.15, -0.1) is 0 Å². The van der Waals surface area contributed by atoms with E-state index in [0.29, 0.717) is 13.2 Å². The lowest BCUT2D eigenvalue weighted by molar-refractivity contribution is -0.135. The van der Waals surface area contributed by atoms with Crippen molar-refractivity contribution in [2.45, 2.75) is 19.9 Å². The second kappa shape index (κ2) is 8.92. The van der Waals surface area contributed by atoms with Crippen molar-refractivity contribution in [3.8, 4) is 0 Å². The zero-order valence-electron chi connectivity index (χ0n) is 12.4. The van der Waals surface area contributed by atoms with Crippen molar-refractivity contribution in [3.63, 3.8) is 0 Å². The fourth-order valence-electron chi connectivity index (χ4n) is 1.74. The van der Waals surface area contributed by atoms with Gasteiger partial charge in [-0.3, -0.25) is 4.79 Å². The molecular formula is C16H21NO4. The van der Waals surface area contributed by atoms with Crippen LogP contribution in [0.4, 0.5) is 0 Å². The largest absolute Gasteiger partial charge is 0.478 e. The van der Waals surface area contributed by atoms with Crippen LogP contribution in [0.15, 0.2) is 30.3 Å². The number of hydrogen-bond acceptors (Lipinski definition) is 3. The zero-order chi connectivity index (χ0) is 15.7. The van der Waals surface area contributed by atoms with Gasteiger partial charge in [0.15, 0.2) is 0 Å². The molecule has 0 fully saturated rings. The van der Waals surface area contributed by atoms with Gasteiger partial charge in [0.05, 0.1) is 0 Å². The normalized spacial score (nSPS) is 10.8. The molecule has 0 saturated carbocycles. The predicted octanol–water partition coefficient (Wildman–Crippen LogP) is 2.17. The molecule has 1 aromatic rings. The van der Waals surface area contributed by atoms with Crippen LogP contribution in [0.3, 0.4) is 0 Å². The smallest absolute Gasteiger partial charge is 0.328 e. The summed E-state index contributed by atoms with van der Waals surface area (Å²) in [6, 6.07) is 7.41. The minimum Gasteiger partial charge on any atom is -0.478 e.